The Morgan fingerprint density at radius 2 is 1.67 bits per heavy atom. The molecule has 2 heterocycles. The van der Waals surface area contributed by atoms with Crippen LogP contribution < -0.4 is 10.9 Å². The molecule has 0 radical (unpaired) electrons. The summed E-state index contributed by atoms with van der Waals surface area (Å²) in [6.07, 6.45) is 0. The van der Waals surface area contributed by atoms with Crippen molar-refractivity contribution >= 4 is 16.9 Å². The number of nitrogens with zero attached hydrogens (tertiary/aromatic N) is 3. The molecule has 1 atom stereocenters. The molecule has 0 aliphatic carbocycles. The van der Waals surface area contributed by atoms with Gasteiger partial charge in [-0.2, -0.15) is 5.10 Å². The number of hydrogen-bond acceptors (Lipinski definition) is 3. The van der Waals surface area contributed by atoms with Crippen molar-refractivity contribution in [2.45, 2.75) is 33.4 Å². The van der Waals surface area contributed by atoms with Crippen LogP contribution >= 0.6 is 0 Å². The van der Waals surface area contributed by atoms with Crippen LogP contribution in [-0.4, -0.2) is 20.3 Å². The predicted molar refractivity (Wildman–Crippen MR) is 118 cm³/mol. The van der Waals surface area contributed by atoms with Gasteiger partial charge in [0.05, 0.1) is 17.4 Å². The lowest BCUT2D eigenvalue weighted by Gasteiger charge is -2.16. The molecule has 1 N–H and O–H groups in total. The van der Waals surface area contributed by atoms with E-state index in [-0.39, 0.29) is 24.1 Å². The second-order valence-electron chi connectivity index (χ2n) is 7.48. The second-order valence-corrected chi connectivity index (χ2v) is 7.48. The molecular weight excluding hydrogens is 376 g/mol. The van der Waals surface area contributed by atoms with Gasteiger partial charge in [0.25, 0.3) is 5.56 Å². The number of aromatic nitrogens is 3. The Hall–Kier alpha value is -3.67. The van der Waals surface area contributed by atoms with Crippen LogP contribution in [0.4, 0.5) is 0 Å². The van der Waals surface area contributed by atoms with Crippen molar-refractivity contribution in [3.8, 4) is 5.69 Å². The van der Waals surface area contributed by atoms with E-state index in [9.17, 15) is 9.59 Å². The number of nitrogens with one attached hydrogen (secondary N) is 1. The molecule has 0 fully saturated rings. The van der Waals surface area contributed by atoms with Crippen LogP contribution in [0.25, 0.3) is 16.7 Å². The Kier molecular flexibility index (Phi) is 5.23. The van der Waals surface area contributed by atoms with E-state index in [4.69, 9.17) is 0 Å². The maximum absolute atomic E-state index is 12.9. The Labute approximate surface area is 174 Å². The molecule has 152 valence electrons. The Morgan fingerprint density at radius 1 is 1.03 bits per heavy atom. The van der Waals surface area contributed by atoms with Crippen molar-refractivity contribution in [2.75, 3.05) is 0 Å². The van der Waals surface area contributed by atoms with E-state index in [0.717, 1.165) is 27.9 Å². The average Bonchev–Trinajstić information content (AvgIpc) is 3.10. The molecule has 0 saturated heterocycles. The highest BCUT2D eigenvalue weighted by atomic mass is 16.2. The number of rotatable bonds is 5. The van der Waals surface area contributed by atoms with E-state index in [1.54, 1.807) is 10.7 Å². The van der Waals surface area contributed by atoms with Crippen molar-refractivity contribution in [1.82, 2.24) is 19.7 Å². The summed E-state index contributed by atoms with van der Waals surface area (Å²) in [5.41, 5.74) is 3.93. The lowest BCUT2D eigenvalue weighted by atomic mass is 10.1. The zero-order chi connectivity index (χ0) is 21.3. The molecule has 0 saturated carbocycles. The van der Waals surface area contributed by atoms with E-state index in [1.807, 2.05) is 81.4 Å². The van der Waals surface area contributed by atoms with Gasteiger partial charge in [-0.15, -0.1) is 0 Å². The predicted octanol–water partition coefficient (Wildman–Crippen LogP) is 3.68. The highest BCUT2D eigenvalue weighted by Gasteiger charge is 2.19. The number of benzene rings is 2. The van der Waals surface area contributed by atoms with Gasteiger partial charge in [-0.05, 0) is 44.0 Å². The lowest BCUT2D eigenvalue weighted by molar-refractivity contribution is -0.122. The molecule has 1 amide bonds. The molecule has 6 nitrogen and oxygen atoms in total. The first-order valence-corrected chi connectivity index (χ1v) is 9.95. The fraction of sp³-hybridized carbons (Fsp3) is 0.208. The van der Waals surface area contributed by atoms with Crippen LogP contribution in [0.15, 0.2) is 71.5 Å². The van der Waals surface area contributed by atoms with Crippen LogP contribution in [0.3, 0.4) is 0 Å². The standard InChI is InChI=1S/C24H24N4O2/c1-16-14-22(30)27(15-21(29)25-17(2)19-10-6-4-7-11-19)24-23(16)18(3)26-28(24)20-12-8-5-9-13-20/h4-14,17H,15H2,1-3H3,(H,25,29). The van der Waals surface area contributed by atoms with E-state index < -0.39 is 0 Å². The quantitative estimate of drug-likeness (QED) is 0.556. The SMILES string of the molecule is Cc1cc(=O)n(CC(=O)NC(C)c2ccccc2)c2c1c(C)nn2-c1ccccc1. The van der Waals surface area contributed by atoms with E-state index in [2.05, 4.69) is 10.4 Å². The molecule has 0 aliphatic rings. The fourth-order valence-electron chi connectivity index (χ4n) is 3.82. The summed E-state index contributed by atoms with van der Waals surface area (Å²) in [4.78, 5) is 25.7. The minimum absolute atomic E-state index is 0.0786. The highest BCUT2D eigenvalue weighted by molar-refractivity contribution is 5.85. The van der Waals surface area contributed by atoms with Crippen LogP contribution in [-0.2, 0) is 11.3 Å². The maximum Gasteiger partial charge on any atom is 0.252 e. The van der Waals surface area contributed by atoms with Gasteiger partial charge in [0.15, 0.2) is 0 Å². The zero-order valence-electron chi connectivity index (χ0n) is 17.3. The third-order valence-electron chi connectivity index (χ3n) is 5.27. The monoisotopic (exact) mass is 400 g/mol. The molecule has 4 rings (SSSR count). The van der Waals surface area contributed by atoms with Crippen molar-refractivity contribution in [3.05, 3.63) is 93.9 Å². The Morgan fingerprint density at radius 3 is 2.33 bits per heavy atom. The first kappa shape index (κ1) is 19.6. The summed E-state index contributed by atoms with van der Waals surface area (Å²) in [7, 11) is 0. The summed E-state index contributed by atoms with van der Waals surface area (Å²) in [5.74, 6) is -0.225. The third-order valence-corrected chi connectivity index (χ3v) is 5.27. The molecule has 0 aliphatic heterocycles. The number of amides is 1. The summed E-state index contributed by atoms with van der Waals surface area (Å²) >= 11 is 0. The zero-order valence-corrected chi connectivity index (χ0v) is 17.3. The van der Waals surface area contributed by atoms with Gasteiger partial charge in [-0.25, -0.2) is 4.68 Å². The van der Waals surface area contributed by atoms with Gasteiger partial charge in [0.2, 0.25) is 5.91 Å². The molecule has 6 heteroatoms. The van der Waals surface area contributed by atoms with Gasteiger partial charge in [0, 0.05) is 11.5 Å². The number of hydrogen-bond donors (Lipinski definition) is 1. The summed E-state index contributed by atoms with van der Waals surface area (Å²) < 4.78 is 3.25. The number of fused-ring (bicyclic) bond motifs is 1. The number of pyridine rings is 1. The van der Waals surface area contributed by atoms with E-state index >= 15 is 0 Å². The van der Waals surface area contributed by atoms with Crippen LogP contribution in [0.1, 0.15) is 29.8 Å². The van der Waals surface area contributed by atoms with Gasteiger partial charge in [-0.3, -0.25) is 14.2 Å². The molecule has 30 heavy (non-hydrogen) atoms. The van der Waals surface area contributed by atoms with Crippen LogP contribution in [0.5, 0.6) is 0 Å². The first-order valence-electron chi connectivity index (χ1n) is 9.95. The number of para-hydroxylation sites is 1. The molecule has 0 spiro atoms. The number of aryl methyl sites for hydroxylation is 2. The smallest absolute Gasteiger partial charge is 0.252 e. The van der Waals surface area contributed by atoms with E-state index in [1.165, 1.54) is 4.57 Å². The summed E-state index contributed by atoms with van der Waals surface area (Å²) in [6.45, 7) is 5.67. The van der Waals surface area contributed by atoms with Gasteiger partial charge in [-0.1, -0.05) is 48.5 Å². The van der Waals surface area contributed by atoms with Crippen molar-refractivity contribution < 1.29 is 4.79 Å². The van der Waals surface area contributed by atoms with Gasteiger partial charge >= 0.3 is 0 Å². The fourth-order valence-corrected chi connectivity index (χ4v) is 3.82. The van der Waals surface area contributed by atoms with Crippen molar-refractivity contribution in [3.63, 3.8) is 0 Å². The largest absolute Gasteiger partial charge is 0.348 e. The molecule has 2 aromatic carbocycles. The van der Waals surface area contributed by atoms with Crippen molar-refractivity contribution in [2.24, 2.45) is 0 Å². The topological polar surface area (TPSA) is 68.9 Å². The molecule has 4 aromatic rings. The van der Waals surface area contributed by atoms with E-state index in [0.29, 0.717) is 5.65 Å². The van der Waals surface area contributed by atoms with Crippen molar-refractivity contribution in [1.29, 1.82) is 0 Å². The summed E-state index contributed by atoms with van der Waals surface area (Å²) in [6, 6.07) is 20.8. The minimum Gasteiger partial charge on any atom is -0.348 e. The lowest BCUT2D eigenvalue weighted by Crippen LogP contribution is -2.34. The maximum atomic E-state index is 12.9. The van der Waals surface area contributed by atoms with Crippen LogP contribution in [0, 0.1) is 13.8 Å². The van der Waals surface area contributed by atoms with Gasteiger partial charge in [0.1, 0.15) is 12.2 Å². The Bertz CT molecular complexity index is 1260. The third kappa shape index (κ3) is 3.64. The first-order chi connectivity index (χ1) is 14.5. The Balaban J connectivity index is 1.75. The second kappa shape index (κ2) is 7.99. The molecule has 1 unspecified atom stereocenters. The van der Waals surface area contributed by atoms with Gasteiger partial charge < -0.3 is 5.32 Å². The number of carbonyl (C=O) groups excluding carboxylic acids is 1. The van der Waals surface area contributed by atoms with Crippen LogP contribution in [0.2, 0.25) is 0 Å². The number of carbonyl (C=O) groups is 1. The normalized spacial score (nSPS) is 12.1. The molecule has 0 bridgehead atoms. The summed E-state index contributed by atoms with van der Waals surface area (Å²) in [5, 5.41) is 8.54. The average molecular weight is 400 g/mol. The minimum atomic E-state index is -0.225. The molecule has 2 aromatic heterocycles. The molecular formula is C24H24N4O2. The highest BCUT2D eigenvalue weighted by Crippen LogP contribution is 2.23.